The van der Waals surface area contributed by atoms with Crippen molar-refractivity contribution in [3.63, 3.8) is 0 Å². The van der Waals surface area contributed by atoms with Crippen LogP contribution in [0.1, 0.15) is 46.8 Å². The Morgan fingerprint density at radius 2 is 1.79 bits per heavy atom. The van der Waals surface area contributed by atoms with E-state index in [1.165, 1.54) is 18.2 Å². The summed E-state index contributed by atoms with van der Waals surface area (Å²) in [5.41, 5.74) is -1.58. The molecule has 2 aliphatic rings. The molecule has 1 fully saturated rings. The van der Waals surface area contributed by atoms with Gasteiger partial charge in [0.2, 0.25) is 0 Å². The van der Waals surface area contributed by atoms with Crippen molar-refractivity contribution < 1.29 is 27.0 Å². The van der Waals surface area contributed by atoms with E-state index in [2.05, 4.69) is 5.16 Å². The van der Waals surface area contributed by atoms with Crippen molar-refractivity contribution in [2.45, 2.75) is 38.5 Å². The van der Waals surface area contributed by atoms with E-state index in [1.807, 2.05) is 6.92 Å². The molecule has 2 heterocycles. The fourth-order valence-corrected chi connectivity index (χ4v) is 6.52. The molecular formula is C23H20Cl2F3NO3S. The van der Waals surface area contributed by atoms with Gasteiger partial charge < -0.3 is 4.84 Å². The zero-order valence-corrected chi connectivity index (χ0v) is 20.1. The van der Waals surface area contributed by atoms with Gasteiger partial charge in [0, 0.05) is 56.3 Å². The zero-order chi connectivity index (χ0) is 24.2. The van der Waals surface area contributed by atoms with Crippen LogP contribution in [0, 0.1) is 12.3 Å². The number of halogens is 5. The summed E-state index contributed by atoms with van der Waals surface area (Å²) in [7, 11) is -0.869. The van der Waals surface area contributed by atoms with Gasteiger partial charge in [0.25, 0.3) is 5.60 Å². The van der Waals surface area contributed by atoms with Gasteiger partial charge in [0.1, 0.15) is 0 Å². The summed E-state index contributed by atoms with van der Waals surface area (Å²) in [6, 6.07) is 8.47. The lowest BCUT2D eigenvalue weighted by molar-refractivity contribution is -0.275. The van der Waals surface area contributed by atoms with E-state index < -0.39 is 29.0 Å². The number of oxime groups is 1. The molecule has 4 nitrogen and oxygen atoms in total. The Morgan fingerprint density at radius 1 is 1.15 bits per heavy atom. The normalized spacial score (nSPS) is 27.0. The Kier molecular flexibility index (Phi) is 6.16. The molecule has 0 radical (unpaired) electrons. The molecule has 0 amide bonds. The molecular weight excluding hydrogens is 498 g/mol. The van der Waals surface area contributed by atoms with Crippen LogP contribution >= 0.6 is 23.2 Å². The monoisotopic (exact) mass is 517 g/mol. The molecule has 0 aliphatic carbocycles. The van der Waals surface area contributed by atoms with Crippen LogP contribution in [0.2, 0.25) is 10.0 Å². The highest BCUT2D eigenvalue weighted by Crippen LogP contribution is 2.49. The highest BCUT2D eigenvalue weighted by Gasteiger charge is 2.62. The number of hydrogen-bond donors (Lipinski definition) is 0. The van der Waals surface area contributed by atoms with Gasteiger partial charge in [0.15, 0.2) is 5.78 Å². The lowest BCUT2D eigenvalue weighted by atomic mass is 9.84. The third kappa shape index (κ3) is 4.57. The van der Waals surface area contributed by atoms with Crippen molar-refractivity contribution in [3.05, 3.63) is 68.7 Å². The van der Waals surface area contributed by atoms with Gasteiger partial charge in [-0.1, -0.05) is 47.4 Å². The average molecular weight is 518 g/mol. The number of ketones is 1. The molecule has 0 saturated carbocycles. The molecule has 2 aromatic carbocycles. The molecule has 10 heteroatoms. The van der Waals surface area contributed by atoms with Crippen molar-refractivity contribution in [2.24, 2.45) is 10.6 Å². The van der Waals surface area contributed by atoms with Gasteiger partial charge in [-0.3, -0.25) is 9.00 Å². The van der Waals surface area contributed by atoms with Crippen molar-refractivity contribution >= 4 is 45.5 Å². The lowest BCUT2D eigenvalue weighted by Gasteiger charge is -2.36. The smallest absolute Gasteiger partial charge is 0.374 e. The number of carbonyl (C=O) groups excluding carboxylic acids is 1. The molecule has 176 valence electrons. The predicted molar refractivity (Wildman–Crippen MR) is 123 cm³/mol. The Hall–Kier alpha value is -1.90. The first-order valence-electron chi connectivity index (χ1n) is 10.1. The predicted octanol–water partition coefficient (Wildman–Crippen LogP) is 6.23. The minimum absolute atomic E-state index is 0.0564. The van der Waals surface area contributed by atoms with Crippen molar-refractivity contribution in [3.8, 4) is 0 Å². The summed E-state index contributed by atoms with van der Waals surface area (Å²) in [5, 5.41) is 3.87. The Bertz CT molecular complexity index is 1170. The van der Waals surface area contributed by atoms with Gasteiger partial charge in [0.05, 0.1) is 5.71 Å². The van der Waals surface area contributed by atoms with E-state index in [0.29, 0.717) is 28.2 Å². The maximum atomic E-state index is 14.2. The summed E-state index contributed by atoms with van der Waals surface area (Å²) >= 11 is 11.9. The molecule has 2 aliphatic heterocycles. The molecule has 0 aromatic heterocycles. The molecule has 0 N–H and O–H groups in total. The largest absolute Gasteiger partial charge is 0.435 e. The maximum Gasteiger partial charge on any atom is 0.435 e. The SMILES string of the molecule is Cc1cc(C2=NOC(c3cc(Cl)cc(Cl)c3)(C(F)(F)F)C2)ccc1C(=O)CC1(C)CS(=O)C1. The van der Waals surface area contributed by atoms with E-state index in [4.69, 9.17) is 28.0 Å². The molecule has 0 spiro atoms. The van der Waals surface area contributed by atoms with E-state index in [1.54, 1.807) is 25.1 Å². The summed E-state index contributed by atoms with van der Waals surface area (Å²) in [6.45, 7) is 3.65. The van der Waals surface area contributed by atoms with E-state index in [9.17, 15) is 22.2 Å². The van der Waals surface area contributed by atoms with Crippen LogP contribution in [0.15, 0.2) is 41.6 Å². The average Bonchev–Trinajstić information content (AvgIpc) is 3.12. The quantitative estimate of drug-likeness (QED) is 0.442. The number of nitrogens with zero attached hydrogens (tertiary/aromatic N) is 1. The van der Waals surface area contributed by atoms with E-state index in [-0.39, 0.29) is 38.9 Å². The number of Topliss-reactive ketones (excluding diaryl/α,β-unsaturated/α-hetero) is 1. The van der Waals surface area contributed by atoms with Crippen LogP contribution in [-0.4, -0.2) is 33.4 Å². The minimum Gasteiger partial charge on any atom is -0.374 e. The highest BCUT2D eigenvalue weighted by molar-refractivity contribution is 7.86. The van der Waals surface area contributed by atoms with Gasteiger partial charge in [-0.05, 0) is 47.7 Å². The van der Waals surface area contributed by atoms with Crippen molar-refractivity contribution in [1.82, 2.24) is 0 Å². The second-order valence-corrected chi connectivity index (χ2v) is 11.3. The molecule has 33 heavy (non-hydrogen) atoms. The standard InChI is InChI=1S/C23H20Cl2F3NO3S/c1-13-5-14(3-4-18(13)20(30)10-21(2)11-33(31)12-21)19-9-22(32-29-19,23(26,27)28)15-6-16(24)8-17(25)7-15/h3-8H,9-12H2,1-2H3. The van der Waals surface area contributed by atoms with Gasteiger partial charge in [-0.15, -0.1) is 0 Å². The summed E-state index contributed by atoms with van der Waals surface area (Å²) in [5.74, 6) is 0.912. The minimum atomic E-state index is -4.78. The van der Waals surface area contributed by atoms with Crippen LogP contribution in [0.25, 0.3) is 0 Å². The molecule has 4 rings (SSSR count). The van der Waals surface area contributed by atoms with Crippen molar-refractivity contribution in [1.29, 1.82) is 0 Å². The van der Waals surface area contributed by atoms with Gasteiger partial charge in [-0.25, -0.2) is 0 Å². The van der Waals surface area contributed by atoms with Crippen LogP contribution in [0.4, 0.5) is 13.2 Å². The first kappa shape index (κ1) is 24.2. The van der Waals surface area contributed by atoms with Gasteiger partial charge >= 0.3 is 6.18 Å². The summed E-state index contributed by atoms with van der Waals surface area (Å²) < 4.78 is 54.0. The number of aryl methyl sites for hydroxylation is 1. The number of benzene rings is 2. The fraction of sp³-hybridized carbons (Fsp3) is 0.391. The van der Waals surface area contributed by atoms with E-state index >= 15 is 0 Å². The van der Waals surface area contributed by atoms with Crippen LogP contribution < -0.4 is 0 Å². The van der Waals surface area contributed by atoms with Crippen LogP contribution in [0.5, 0.6) is 0 Å². The second kappa shape index (κ2) is 8.40. The molecule has 0 bridgehead atoms. The number of hydrogen-bond acceptors (Lipinski definition) is 4. The van der Waals surface area contributed by atoms with Crippen LogP contribution in [0.3, 0.4) is 0 Å². The number of rotatable bonds is 5. The molecule has 2 aromatic rings. The van der Waals surface area contributed by atoms with Gasteiger partial charge in [-0.2, -0.15) is 13.2 Å². The summed E-state index contributed by atoms with van der Waals surface area (Å²) in [6.07, 6.45) is -5.07. The third-order valence-electron chi connectivity index (χ3n) is 5.98. The lowest BCUT2D eigenvalue weighted by Crippen LogP contribution is -2.43. The van der Waals surface area contributed by atoms with Crippen LogP contribution in [-0.2, 0) is 21.2 Å². The third-order valence-corrected chi connectivity index (χ3v) is 8.46. The number of alkyl halides is 3. The maximum absolute atomic E-state index is 14.2. The Balaban J connectivity index is 1.59. The highest BCUT2D eigenvalue weighted by atomic mass is 35.5. The second-order valence-electron chi connectivity index (χ2n) is 8.96. The fourth-order valence-electron chi connectivity index (χ4n) is 4.32. The first-order chi connectivity index (χ1) is 15.3. The Labute approximate surface area is 201 Å². The molecule has 1 saturated heterocycles. The van der Waals surface area contributed by atoms with Crippen molar-refractivity contribution in [2.75, 3.05) is 11.5 Å². The molecule has 1 atom stereocenters. The molecule has 1 unspecified atom stereocenters. The summed E-state index contributed by atoms with van der Waals surface area (Å²) in [4.78, 5) is 17.8. The van der Waals surface area contributed by atoms with E-state index in [0.717, 1.165) is 0 Å². The Morgan fingerprint density at radius 3 is 2.33 bits per heavy atom. The zero-order valence-electron chi connectivity index (χ0n) is 17.8. The topological polar surface area (TPSA) is 55.7 Å². The number of carbonyl (C=O) groups is 1. The first-order valence-corrected chi connectivity index (χ1v) is 12.3.